The smallest absolute Gasteiger partial charge is 0.323 e. The van der Waals surface area contributed by atoms with Gasteiger partial charge in [-0.15, -0.1) is 5.10 Å². The SMILES string of the molecule is COc1cc(CNc2ccc3[nH]c(=O)[nH]c3c2)ccc1OCc1nnnn1-c1ccc(C)cc1. The normalized spacial score (nSPS) is 11.0. The van der Waals surface area contributed by atoms with Crippen LogP contribution >= 0.6 is 0 Å². The van der Waals surface area contributed by atoms with Gasteiger partial charge in [-0.3, -0.25) is 0 Å². The van der Waals surface area contributed by atoms with E-state index in [0.29, 0.717) is 23.9 Å². The van der Waals surface area contributed by atoms with Crippen LogP contribution in [0.1, 0.15) is 17.0 Å². The number of hydrogen-bond acceptors (Lipinski definition) is 7. The third kappa shape index (κ3) is 4.46. The highest BCUT2D eigenvalue weighted by Gasteiger charge is 2.12. The van der Waals surface area contributed by atoms with Gasteiger partial charge in [-0.1, -0.05) is 23.8 Å². The third-order valence-corrected chi connectivity index (χ3v) is 5.41. The van der Waals surface area contributed by atoms with Crippen molar-refractivity contribution in [2.24, 2.45) is 0 Å². The first-order valence-corrected chi connectivity index (χ1v) is 10.7. The third-order valence-electron chi connectivity index (χ3n) is 5.41. The molecule has 2 heterocycles. The number of rotatable bonds is 8. The number of fused-ring (bicyclic) bond motifs is 1. The quantitative estimate of drug-likeness (QED) is 0.327. The maximum absolute atomic E-state index is 11.4. The van der Waals surface area contributed by atoms with Crippen LogP contribution in [0.2, 0.25) is 0 Å². The number of ether oxygens (including phenoxy) is 2. The first kappa shape index (κ1) is 21.3. The van der Waals surface area contributed by atoms with Crippen LogP contribution in [0.5, 0.6) is 11.5 Å². The van der Waals surface area contributed by atoms with E-state index in [-0.39, 0.29) is 12.3 Å². The summed E-state index contributed by atoms with van der Waals surface area (Å²) in [6.45, 7) is 2.79. The van der Waals surface area contributed by atoms with Crippen molar-refractivity contribution in [3.63, 3.8) is 0 Å². The topological polar surface area (TPSA) is 123 Å². The lowest BCUT2D eigenvalue weighted by Gasteiger charge is -2.13. The molecule has 0 aliphatic carbocycles. The summed E-state index contributed by atoms with van der Waals surface area (Å²) < 4.78 is 13.2. The van der Waals surface area contributed by atoms with Crippen molar-refractivity contribution in [1.29, 1.82) is 0 Å². The summed E-state index contributed by atoms with van der Waals surface area (Å²) in [6.07, 6.45) is 0. The van der Waals surface area contributed by atoms with Gasteiger partial charge in [0.15, 0.2) is 23.9 Å². The van der Waals surface area contributed by atoms with E-state index in [1.54, 1.807) is 11.8 Å². The summed E-state index contributed by atoms with van der Waals surface area (Å²) in [4.78, 5) is 16.9. The average Bonchev–Trinajstić information content (AvgIpc) is 3.47. The Morgan fingerprint density at radius 3 is 2.62 bits per heavy atom. The van der Waals surface area contributed by atoms with E-state index in [0.717, 1.165) is 33.5 Å². The molecule has 10 heteroatoms. The van der Waals surface area contributed by atoms with Crippen LogP contribution < -0.4 is 20.5 Å². The Hall–Kier alpha value is -4.60. The van der Waals surface area contributed by atoms with Crippen molar-refractivity contribution < 1.29 is 9.47 Å². The minimum atomic E-state index is -0.222. The Morgan fingerprint density at radius 1 is 0.971 bits per heavy atom. The minimum Gasteiger partial charge on any atom is -0.493 e. The Labute approximate surface area is 194 Å². The fraction of sp³-hybridized carbons (Fsp3) is 0.167. The van der Waals surface area contributed by atoms with E-state index in [2.05, 4.69) is 30.8 Å². The number of benzene rings is 3. The van der Waals surface area contributed by atoms with Gasteiger partial charge in [0.25, 0.3) is 0 Å². The summed E-state index contributed by atoms with van der Waals surface area (Å²) in [7, 11) is 1.60. The highest BCUT2D eigenvalue weighted by molar-refractivity contribution is 5.78. The first-order chi connectivity index (χ1) is 16.6. The number of nitrogens with one attached hydrogen (secondary N) is 3. The van der Waals surface area contributed by atoms with Gasteiger partial charge in [0.05, 0.1) is 23.8 Å². The Bertz CT molecular complexity index is 1480. The van der Waals surface area contributed by atoms with Crippen molar-refractivity contribution in [2.45, 2.75) is 20.1 Å². The van der Waals surface area contributed by atoms with Crippen LogP contribution in [-0.2, 0) is 13.2 Å². The molecule has 0 bridgehead atoms. The molecule has 0 unspecified atom stereocenters. The molecule has 34 heavy (non-hydrogen) atoms. The number of methoxy groups -OCH3 is 1. The van der Waals surface area contributed by atoms with Gasteiger partial charge in [0.1, 0.15) is 0 Å². The monoisotopic (exact) mass is 457 g/mol. The lowest BCUT2D eigenvalue weighted by molar-refractivity contribution is 0.273. The Kier molecular flexibility index (Phi) is 5.69. The van der Waals surface area contributed by atoms with Gasteiger partial charge in [-0.25, -0.2) is 4.79 Å². The zero-order chi connectivity index (χ0) is 23.5. The van der Waals surface area contributed by atoms with Crippen LogP contribution in [0.25, 0.3) is 16.7 Å². The molecule has 0 radical (unpaired) electrons. The van der Waals surface area contributed by atoms with E-state index in [1.807, 2.05) is 67.6 Å². The molecule has 3 N–H and O–H groups in total. The summed E-state index contributed by atoms with van der Waals surface area (Å²) in [5, 5.41) is 15.3. The van der Waals surface area contributed by atoms with Crippen LogP contribution in [0.4, 0.5) is 5.69 Å². The minimum absolute atomic E-state index is 0.184. The molecule has 0 saturated heterocycles. The van der Waals surface area contributed by atoms with E-state index < -0.39 is 0 Å². The number of nitrogens with zero attached hydrogens (tertiary/aromatic N) is 4. The molecular formula is C24H23N7O3. The van der Waals surface area contributed by atoms with E-state index in [1.165, 1.54) is 0 Å². The molecule has 0 aliphatic rings. The predicted octanol–water partition coefficient (Wildman–Crippen LogP) is 3.34. The maximum atomic E-state index is 11.4. The van der Waals surface area contributed by atoms with Gasteiger partial charge in [-0.2, -0.15) is 4.68 Å². The molecule has 10 nitrogen and oxygen atoms in total. The highest BCUT2D eigenvalue weighted by atomic mass is 16.5. The van der Waals surface area contributed by atoms with Crippen molar-refractivity contribution >= 4 is 16.7 Å². The lowest BCUT2D eigenvalue weighted by Crippen LogP contribution is -2.07. The van der Waals surface area contributed by atoms with Gasteiger partial charge < -0.3 is 24.8 Å². The number of anilines is 1. The molecule has 0 spiro atoms. The van der Waals surface area contributed by atoms with E-state index >= 15 is 0 Å². The zero-order valence-electron chi connectivity index (χ0n) is 18.7. The van der Waals surface area contributed by atoms with Crippen molar-refractivity contribution in [3.8, 4) is 17.2 Å². The number of aromatic nitrogens is 6. The Morgan fingerprint density at radius 2 is 1.79 bits per heavy atom. The number of aryl methyl sites for hydroxylation is 1. The molecule has 2 aromatic heterocycles. The van der Waals surface area contributed by atoms with Crippen LogP contribution in [0, 0.1) is 6.92 Å². The fourth-order valence-electron chi connectivity index (χ4n) is 3.61. The number of aromatic amines is 2. The lowest BCUT2D eigenvalue weighted by atomic mass is 10.2. The van der Waals surface area contributed by atoms with Crippen molar-refractivity contribution in [1.82, 2.24) is 30.2 Å². The van der Waals surface area contributed by atoms with Gasteiger partial charge >= 0.3 is 5.69 Å². The summed E-state index contributed by atoms with van der Waals surface area (Å²) in [5.41, 5.74) is 5.23. The largest absolute Gasteiger partial charge is 0.493 e. The summed E-state index contributed by atoms with van der Waals surface area (Å²) in [6, 6.07) is 19.3. The van der Waals surface area contributed by atoms with Gasteiger partial charge in [0.2, 0.25) is 0 Å². The maximum Gasteiger partial charge on any atom is 0.323 e. The molecule has 5 rings (SSSR count). The fourth-order valence-corrected chi connectivity index (χ4v) is 3.61. The molecule has 0 fully saturated rings. The van der Waals surface area contributed by atoms with E-state index in [4.69, 9.17) is 9.47 Å². The highest BCUT2D eigenvalue weighted by Crippen LogP contribution is 2.29. The van der Waals surface area contributed by atoms with Gasteiger partial charge in [-0.05, 0) is 65.4 Å². The second-order valence-electron chi connectivity index (χ2n) is 7.81. The number of hydrogen-bond donors (Lipinski definition) is 3. The molecule has 0 aliphatic heterocycles. The zero-order valence-corrected chi connectivity index (χ0v) is 18.7. The molecule has 0 saturated carbocycles. The predicted molar refractivity (Wildman–Crippen MR) is 127 cm³/mol. The number of tetrazole rings is 1. The summed E-state index contributed by atoms with van der Waals surface area (Å²) >= 11 is 0. The average molecular weight is 457 g/mol. The molecule has 0 atom stereocenters. The molecule has 5 aromatic rings. The van der Waals surface area contributed by atoms with Crippen LogP contribution in [0.3, 0.4) is 0 Å². The van der Waals surface area contributed by atoms with Crippen molar-refractivity contribution in [3.05, 3.63) is 88.1 Å². The van der Waals surface area contributed by atoms with Gasteiger partial charge in [0, 0.05) is 12.2 Å². The van der Waals surface area contributed by atoms with Crippen LogP contribution in [0.15, 0.2) is 65.5 Å². The summed E-state index contributed by atoms with van der Waals surface area (Å²) in [5.74, 6) is 1.78. The van der Waals surface area contributed by atoms with Crippen molar-refractivity contribution in [2.75, 3.05) is 12.4 Å². The first-order valence-electron chi connectivity index (χ1n) is 10.7. The second kappa shape index (κ2) is 9.10. The molecule has 3 aromatic carbocycles. The molecule has 172 valence electrons. The molecular weight excluding hydrogens is 434 g/mol. The number of H-pyrrole nitrogens is 2. The van der Waals surface area contributed by atoms with E-state index in [9.17, 15) is 4.79 Å². The molecule has 0 amide bonds. The second-order valence-corrected chi connectivity index (χ2v) is 7.81. The Balaban J connectivity index is 1.26. The standard InChI is InChI=1S/C24H23N7O3/c1-15-3-7-18(8-4-15)31-23(28-29-30-31)14-34-21-10-5-16(11-22(21)33-2)13-25-17-6-9-19-20(12-17)27-24(32)26-19/h3-12,25H,13-14H2,1-2H3,(H2,26,27,32). The van der Waals surface area contributed by atoms with Crippen LogP contribution in [-0.4, -0.2) is 37.3 Å². The number of imidazole rings is 1.